The van der Waals surface area contributed by atoms with E-state index >= 15 is 0 Å². The number of carbonyl (C=O) groups excluding carboxylic acids is 4. The Kier molecular flexibility index (Phi) is 8.60. The zero-order valence-electron chi connectivity index (χ0n) is 25.1. The topological polar surface area (TPSA) is 142 Å². The highest BCUT2D eigenvalue weighted by Gasteiger charge is 2.62. The lowest BCUT2D eigenvalue weighted by Crippen LogP contribution is -2.56. The fraction of sp³-hybridized carbons (Fsp3) is 0.677. The first-order valence-corrected chi connectivity index (χ1v) is 17.8. The summed E-state index contributed by atoms with van der Waals surface area (Å²) < 4.78 is 33.1. The predicted molar refractivity (Wildman–Crippen MR) is 162 cm³/mol. The quantitative estimate of drug-likeness (QED) is 0.416. The molecule has 4 atom stereocenters. The second-order valence-corrected chi connectivity index (χ2v) is 15.6. The van der Waals surface area contributed by atoms with Crippen LogP contribution in [0.25, 0.3) is 0 Å². The predicted octanol–water partition coefficient (Wildman–Crippen LogP) is 3.63. The van der Waals surface area contributed by atoms with Crippen molar-refractivity contribution in [3.05, 3.63) is 34.3 Å². The normalized spacial score (nSPS) is 28.4. The molecular weight excluding hydrogens is 608 g/mol. The van der Waals surface area contributed by atoms with Gasteiger partial charge in [-0.1, -0.05) is 56.3 Å². The highest BCUT2D eigenvalue weighted by atomic mass is 35.5. The number of carbonyl (C=O) groups is 4. The van der Waals surface area contributed by atoms with Crippen LogP contribution in [0, 0.1) is 11.8 Å². The van der Waals surface area contributed by atoms with Gasteiger partial charge in [-0.15, -0.1) is 0 Å². The van der Waals surface area contributed by atoms with E-state index < -0.39 is 50.9 Å². The summed E-state index contributed by atoms with van der Waals surface area (Å²) in [5.41, 5.74) is 0.479. The van der Waals surface area contributed by atoms with E-state index in [2.05, 4.69) is 10.0 Å². The minimum absolute atomic E-state index is 0.0728. The molecule has 11 nitrogen and oxygen atoms in total. The van der Waals surface area contributed by atoms with Crippen molar-refractivity contribution in [1.82, 2.24) is 19.8 Å². The van der Waals surface area contributed by atoms with Gasteiger partial charge in [0.05, 0.1) is 18.3 Å². The number of ether oxygens (including phenoxy) is 1. The molecular formula is C31H41ClN4O7S. The number of halogens is 1. The van der Waals surface area contributed by atoms with Crippen molar-refractivity contribution in [3.63, 3.8) is 0 Å². The summed E-state index contributed by atoms with van der Waals surface area (Å²) in [6.45, 7) is 2.63. The Morgan fingerprint density at radius 2 is 1.82 bits per heavy atom. The first-order valence-electron chi connectivity index (χ1n) is 15.9. The van der Waals surface area contributed by atoms with Crippen LogP contribution in [0.2, 0.25) is 5.02 Å². The molecule has 0 spiro atoms. The largest absolute Gasteiger partial charge is 0.444 e. The molecule has 2 heterocycles. The van der Waals surface area contributed by atoms with Crippen molar-refractivity contribution in [2.24, 2.45) is 11.8 Å². The first-order chi connectivity index (χ1) is 21.0. The Morgan fingerprint density at radius 3 is 2.48 bits per heavy atom. The van der Waals surface area contributed by atoms with E-state index in [0.717, 1.165) is 43.2 Å². The second kappa shape index (κ2) is 12.2. The lowest BCUT2D eigenvalue weighted by atomic mass is 9.86. The number of rotatable bonds is 9. The van der Waals surface area contributed by atoms with E-state index in [1.807, 2.05) is 19.1 Å². The molecule has 5 aliphatic rings. The van der Waals surface area contributed by atoms with Gasteiger partial charge in [0.25, 0.3) is 5.91 Å². The van der Waals surface area contributed by atoms with Gasteiger partial charge in [-0.25, -0.2) is 13.2 Å². The van der Waals surface area contributed by atoms with Crippen molar-refractivity contribution in [2.45, 2.75) is 114 Å². The molecule has 0 aromatic heterocycles. The van der Waals surface area contributed by atoms with Crippen LogP contribution in [0.15, 0.2) is 18.2 Å². The number of amides is 4. The van der Waals surface area contributed by atoms with E-state index in [4.69, 9.17) is 16.3 Å². The molecule has 3 aliphatic carbocycles. The fourth-order valence-electron chi connectivity index (χ4n) is 7.19. The molecule has 1 saturated heterocycles. The van der Waals surface area contributed by atoms with Crippen molar-refractivity contribution in [2.75, 3.05) is 6.54 Å². The van der Waals surface area contributed by atoms with Crippen LogP contribution in [-0.2, 0) is 42.2 Å². The SMILES string of the molecule is CC[C@@H]1C[C@]1(NC(=O)[C@@H]1C[C@@H](OC(=O)N2Cc3cccc(Cl)c3C2)CN1C(=O)CC1CCCCC1)C(=O)NS(=O)(=O)C1CC1. The zero-order valence-corrected chi connectivity index (χ0v) is 26.6. The summed E-state index contributed by atoms with van der Waals surface area (Å²) in [5.74, 6) is -1.40. The molecule has 0 unspecified atom stereocenters. The molecule has 4 fully saturated rings. The maximum Gasteiger partial charge on any atom is 0.410 e. The molecule has 1 aromatic carbocycles. The van der Waals surface area contributed by atoms with Crippen LogP contribution in [0.4, 0.5) is 4.79 Å². The van der Waals surface area contributed by atoms with Gasteiger partial charge in [0.1, 0.15) is 17.7 Å². The number of benzene rings is 1. The molecule has 240 valence electrons. The third kappa shape index (κ3) is 6.29. The molecule has 2 aliphatic heterocycles. The standard InChI is InChI=1S/C31H41ClN4O7S/c1-2-21-15-31(21,29(39)34-44(41,42)23-11-12-23)33-28(38)26-14-22(17-36(26)27(37)13-19-7-4-3-5-8-19)43-30(40)35-16-20-9-6-10-25(32)24(20)18-35/h6,9-10,19,21-23,26H,2-5,7-8,11-18H2,1H3,(H,33,38)(H,34,39)/t21-,22-,26+,31-/m1/s1. The fourth-order valence-corrected chi connectivity index (χ4v) is 8.80. The first kappa shape index (κ1) is 31.1. The number of likely N-dealkylation sites (tertiary alicyclic amines) is 1. The minimum Gasteiger partial charge on any atom is -0.444 e. The Balaban J connectivity index is 1.15. The van der Waals surface area contributed by atoms with Crippen molar-refractivity contribution < 1.29 is 32.3 Å². The van der Waals surface area contributed by atoms with Crippen molar-refractivity contribution >= 4 is 45.4 Å². The Morgan fingerprint density at radius 1 is 1.07 bits per heavy atom. The average Bonchev–Trinajstić information content (AvgIpc) is 3.88. The molecule has 6 rings (SSSR count). The van der Waals surface area contributed by atoms with E-state index in [1.165, 1.54) is 4.90 Å². The van der Waals surface area contributed by atoms with Crippen LogP contribution < -0.4 is 10.0 Å². The summed E-state index contributed by atoms with van der Waals surface area (Å²) in [7, 11) is -3.80. The lowest BCUT2D eigenvalue weighted by molar-refractivity contribution is -0.140. The van der Waals surface area contributed by atoms with Crippen molar-refractivity contribution in [3.8, 4) is 0 Å². The molecule has 4 amide bonds. The number of fused-ring (bicyclic) bond motifs is 1. The summed E-state index contributed by atoms with van der Waals surface area (Å²) >= 11 is 6.32. The number of hydrogen-bond acceptors (Lipinski definition) is 7. The molecule has 0 radical (unpaired) electrons. The second-order valence-electron chi connectivity index (χ2n) is 13.2. The molecule has 1 aromatic rings. The summed E-state index contributed by atoms with van der Waals surface area (Å²) in [4.78, 5) is 57.0. The summed E-state index contributed by atoms with van der Waals surface area (Å²) in [5, 5.41) is 2.87. The lowest BCUT2D eigenvalue weighted by Gasteiger charge is -2.29. The van der Waals surface area contributed by atoms with E-state index in [-0.39, 0.29) is 30.7 Å². The van der Waals surface area contributed by atoms with Crippen molar-refractivity contribution in [1.29, 1.82) is 0 Å². The monoisotopic (exact) mass is 648 g/mol. The minimum atomic E-state index is -3.80. The Hall–Kier alpha value is -2.86. The number of hydrogen-bond donors (Lipinski definition) is 2. The maximum atomic E-state index is 13.9. The summed E-state index contributed by atoms with van der Waals surface area (Å²) in [6, 6.07) is 4.59. The van der Waals surface area contributed by atoms with Gasteiger partial charge in [0, 0.05) is 24.4 Å². The summed E-state index contributed by atoms with van der Waals surface area (Å²) in [6.07, 6.45) is 6.29. The Labute approximate surface area is 263 Å². The van der Waals surface area contributed by atoms with Crippen LogP contribution >= 0.6 is 11.6 Å². The van der Waals surface area contributed by atoms with Crippen LogP contribution in [0.3, 0.4) is 0 Å². The van der Waals surface area contributed by atoms with Gasteiger partial charge in [-0.05, 0) is 61.1 Å². The van der Waals surface area contributed by atoms with Gasteiger partial charge in [0.15, 0.2) is 0 Å². The van der Waals surface area contributed by atoms with Gasteiger partial charge in [-0.3, -0.25) is 24.0 Å². The average molecular weight is 649 g/mol. The molecule has 2 N–H and O–H groups in total. The van der Waals surface area contributed by atoms with E-state index in [1.54, 1.807) is 11.0 Å². The molecule has 0 bridgehead atoms. The van der Waals surface area contributed by atoms with Gasteiger partial charge < -0.3 is 15.0 Å². The smallest absolute Gasteiger partial charge is 0.410 e. The van der Waals surface area contributed by atoms with Crippen LogP contribution in [-0.4, -0.2) is 71.5 Å². The highest BCUT2D eigenvalue weighted by Crippen LogP contribution is 2.47. The maximum absolute atomic E-state index is 13.9. The van der Waals surface area contributed by atoms with E-state index in [0.29, 0.717) is 50.2 Å². The number of sulfonamides is 1. The van der Waals surface area contributed by atoms with Crippen LogP contribution in [0.1, 0.15) is 88.7 Å². The highest BCUT2D eigenvalue weighted by molar-refractivity contribution is 7.91. The zero-order chi connectivity index (χ0) is 31.2. The number of nitrogens with zero attached hydrogens (tertiary/aromatic N) is 2. The Bertz CT molecular complexity index is 1440. The van der Waals surface area contributed by atoms with Gasteiger partial charge in [-0.2, -0.15) is 0 Å². The van der Waals surface area contributed by atoms with Gasteiger partial charge >= 0.3 is 6.09 Å². The third-order valence-electron chi connectivity index (χ3n) is 10.1. The van der Waals surface area contributed by atoms with Gasteiger partial charge in [0.2, 0.25) is 21.8 Å². The third-order valence-corrected chi connectivity index (χ3v) is 12.2. The molecule has 13 heteroatoms. The van der Waals surface area contributed by atoms with Crippen LogP contribution in [0.5, 0.6) is 0 Å². The van der Waals surface area contributed by atoms with E-state index in [9.17, 15) is 27.6 Å². The molecule has 44 heavy (non-hydrogen) atoms. The molecule has 3 saturated carbocycles. The number of nitrogens with one attached hydrogen (secondary N) is 2.